The van der Waals surface area contributed by atoms with Crippen LogP contribution in [0.2, 0.25) is 0 Å². The van der Waals surface area contributed by atoms with E-state index in [1.54, 1.807) is 0 Å². The molecule has 8 heteroatoms. The Hall–Kier alpha value is -0.340. The van der Waals surface area contributed by atoms with E-state index >= 15 is 0 Å². The molecule has 0 radical (unpaired) electrons. The molecule has 0 saturated carbocycles. The van der Waals surface area contributed by atoms with Crippen molar-refractivity contribution < 1.29 is 21.6 Å². The third-order valence-corrected chi connectivity index (χ3v) is 6.43. The second kappa shape index (κ2) is 5.46. The Bertz CT molecular complexity index is 428. The molecule has 2 heterocycles. The van der Waals surface area contributed by atoms with Crippen LogP contribution in [-0.4, -0.2) is 62.7 Å². The van der Waals surface area contributed by atoms with Crippen LogP contribution in [0.3, 0.4) is 0 Å². The van der Waals surface area contributed by atoms with Gasteiger partial charge in [-0.15, -0.1) is 0 Å². The van der Waals surface area contributed by atoms with E-state index in [4.69, 9.17) is 0 Å². The third kappa shape index (κ3) is 3.12. The highest BCUT2D eigenvalue weighted by atomic mass is 32.2. The van der Waals surface area contributed by atoms with Gasteiger partial charge >= 0.3 is 6.18 Å². The van der Waals surface area contributed by atoms with Gasteiger partial charge in [0.05, 0.1) is 11.5 Å². The predicted molar refractivity (Wildman–Crippen MR) is 70.3 cm³/mol. The predicted octanol–water partition coefficient (Wildman–Crippen LogP) is 1.18. The van der Waals surface area contributed by atoms with Crippen molar-refractivity contribution >= 4 is 9.84 Å². The summed E-state index contributed by atoms with van der Waals surface area (Å²) in [6.45, 7) is 0.732. The average molecular weight is 314 g/mol. The zero-order chi connectivity index (χ0) is 15.0. The van der Waals surface area contributed by atoms with Crippen molar-refractivity contribution in [2.45, 2.75) is 43.4 Å². The Balaban J connectivity index is 1.95. The number of nitrogens with one attached hydrogen (secondary N) is 1. The molecule has 2 saturated heterocycles. The Morgan fingerprint density at radius 2 is 1.65 bits per heavy atom. The van der Waals surface area contributed by atoms with Gasteiger partial charge in [-0.3, -0.25) is 0 Å². The van der Waals surface area contributed by atoms with Gasteiger partial charge in [0, 0.05) is 19.1 Å². The molecule has 0 spiro atoms. The number of alkyl halides is 3. The van der Waals surface area contributed by atoms with Gasteiger partial charge in [-0.25, -0.2) is 8.42 Å². The maximum absolute atomic E-state index is 13.1. The van der Waals surface area contributed by atoms with Crippen LogP contribution in [0.15, 0.2) is 0 Å². The van der Waals surface area contributed by atoms with Gasteiger partial charge < -0.3 is 10.2 Å². The summed E-state index contributed by atoms with van der Waals surface area (Å²) in [7, 11) is -1.57. The molecule has 4 nitrogen and oxygen atoms in total. The van der Waals surface area contributed by atoms with Crippen molar-refractivity contribution in [3.63, 3.8) is 0 Å². The van der Waals surface area contributed by atoms with Crippen molar-refractivity contribution in [3.8, 4) is 0 Å². The fraction of sp³-hybridized carbons (Fsp3) is 1.00. The van der Waals surface area contributed by atoms with Crippen LogP contribution >= 0.6 is 0 Å². The second-order valence-corrected chi connectivity index (χ2v) is 8.05. The summed E-state index contributed by atoms with van der Waals surface area (Å²) in [5, 5.41) is 2.45. The van der Waals surface area contributed by atoms with Crippen molar-refractivity contribution in [1.82, 2.24) is 10.2 Å². The van der Waals surface area contributed by atoms with Gasteiger partial charge in [-0.1, -0.05) is 0 Å². The Morgan fingerprint density at radius 1 is 1.15 bits per heavy atom. The number of nitrogens with zero attached hydrogens (tertiary/aromatic N) is 1. The van der Waals surface area contributed by atoms with Gasteiger partial charge in [-0.2, -0.15) is 13.2 Å². The fourth-order valence-electron chi connectivity index (χ4n) is 3.19. The molecule has 0 aromatic rings. The van der Waals surface area contributed by atoms with E-state index in [0.29, 0.717) is 25.9 Å². The molecule has 2 aliphatic heterocycles. The summed E-state index contributed by atoms with van der Waals surface area (Å²) in [6.07, 6.45) is -3.11. The first kappa shape index (κ1) is 16.0. The molecular weight excluding hydrogens is 293 g/mol. The topological polar surface area (TPSA) is 49.4 Å². The first-order valence-corrected chi connectivity index (χ1v) is 8.71. The van der Waals surface area contributed by atoms with Crippen molar-refractivity contribution in [3.05, 3.63) is 0 Å². The lowest BCUT2D eigenvalue weighted by atomic mass is 9.86. The van der Waals surface area contributed by atoms with E-state index in [2.05, 4.69) is 5.32 Å². The molecule has 0 aromatic heterocycles. The lowest BCUT2D eigenvalue weighted by Crippen LogP contribution is -2.62. The van der Waals surface area contributed by atoms with Crippen molar-refractivity contribution in [2.24, 2.45) is 0 Å². The number of rotatable bonds is 2. The van der Waals surface area contributed by atoms with Gasteiger partial charge in [0.1, 0.15) is 15.4 Å². The lowest BCUT2D eigenvalue weighted by Gasteiger charge is -2.45. The monoisotopic (exact) mass is 314 g/mol. The van der Waals surface area contributed by atoms with E-state index in [9.17, 15) is 21.6 Å². The molecule has 0 aromatic carbocycles. The summed E-state index contributed by atoms with van der Waals surface area (Å²) in [5.74, 6) is 0.315. The van der Waals surface area contributed by atoms with Crippen molar-refractivity contribution in [2.75, 3.05) is 31.6 Å². The van der Waals surface area contributed by atoms with Crippen LogP contribution in [0.25, 0.3) is 0 Å². The van der Waals surface area contributed by atoms with Crippen LogP contribution in [0.4, 0.5) is 13.2 Å². The van der Waals surface area contributed by atoms with Crippen LogP contribution in [0.1, 0.15) is 25.7 Å². The summed E-state index contributed by atoms with van der Waals surface area (Å²) in [5.41, 5.74) is -1.79. The maximum atomic E-state index is 13.1. The molecule has 1 N–H and O–H groups in total. The van der Waals surface area contributed by atoms with Gasteiger partial charge in [0.25, 0.3) is 0 Å². The highest BCUT2D eigenvalue weighted by Gasteiger charge is 2.55. The number of halogens is 3. The normalized spacial score (nSPS) is 28.4. The summed E-state index contributed by atoms with van der Waals surface area (Å²) < 4.78 is 62.1. The third-order valence-electron chi connectivity index (χ3n) is 4.71. The number of hydrogen-bond donors (Lipinski definition) is 1. The highest BCUT2D eigenvalue weighted by molar-refractivity contribution is 7.91. The molecule has 0 unspecified atom stereocenters. The molecule has 2 fully saturated rings. The minimum absolute atomic E-state index is 0.0241. The fourth-order valence-corrected chi connectivity index (χ4v) is 4.66. The molecule has 0 bridgehead atoms. The molecule has 118 valence electrons. The Labute approximate surface area is 117 Å². The van der Waals surface area contributed by atoms with Gasteiger partial charge in [0.2, 0.25) is 0 Å². The van der Waals surface area contributed by atoms with E-state index in [-0.39, 0.29) is 30.4 Å². The zero-order valence-corrected chi connectivity index (χ0v) is 12.4. The van der Waals surface area contributed by atoms with Gasteiger partial charge in [0.15, 0.2) is 0 Å². The van der Waals surface area contributed by atoms with E-state index in [1.165, 1.54) is 7.05 Å². The van der Waals surface area contributed by atoms with E-state index in [1.807, 2.05) is 4.90 Å². The molecule has 2 rings (SSSR count). The Morgan fingerprint density at radius 3 is 2.05 bits per heavy atom. The Kier molecular flexibility index (Phi) is 4.37. The molecule has 0 amide bonds. The summed E-state index contributed by atoms with van der Waals surface area (Å²) >= 11 is 0. The van der Waals surface area contributed by atoms with Crippen LogP contribution in [0.5, 0.6) is 0 Å². The zero-order valence-electron chi connectivity index (χ0n) is 11.5. The SMILES string of the molecule is CNC1(C(F)(F)F)CCN(C2CCS(=O)(=O)CC2)CC1. The number of hydrogen-bond acceptors (Lipinski definition) is 4. The smallest absolute Gasteiger partial charge is 0.307 e. The van der Waals surface area contributed by atoms with E-state index < -0.39 is 21.6 Å². The van der Waals surface area contributed by atoms with Crippen molar-refractivity contribution in [1.29, 1.82) is 0 Å². The highest BCUT2D eigenvalue weighted by Crippen LogP contribution is 2.39. The minimum atomic E-state index is -4.25. The molecule has 0 aliphatic carbocycles. The summed E-state index contributed by atoms with van der Waals surface area (Å²) in [6, 6.07) is 0.113. The molecule has 0 atom stereocenters. The molecular formula is C12H21F3N2O2S. The molecule has 20 heavy (non-hydrogen) atoms. The first-order chi connectivity index (χ1) is 9.19. The first-order valence-electron chi connectivity index (χ1n) is 6.89. The van der Waals surface area contributed by atoms with Crippen LogP contribution < -0.4 is 5.32 Å². The van der Waals surface area contributed by atoms with Crippen LogP contribution in [-0.2, 0) is 9.84 Å². The molecule has 2 aliphatic rings. The largest absolute Gasteiger partial charge is 0.406 e. The van der Waals surface area contributed by atoms with Crippen LogP contribution in [0, 0.1) is 0 Å². The lowest BCUT2D eigenvalue weighted by molar-refractivity contribution is -0.208. The quantitative estimate of drug-likeness (QED) is 0.831. The number of sulfone groups is 1. The van der Waals surface area contributed by atoms with Gasteiger partial charge in [-0.05, 0) is 32.7 Å². The maximum Gasteiger partial charge on any atom is 0.406 e. The minimum Gasteiger partial charge on any atom is -0.307 e. The second-order valence-electron chi connectivity index (χ2n) is 5.75. The number of piperidine rings is 1. The summed E-state index contributed by atoms with van der Waals surface area (Å²) in [4.78, 5) is 2.02. The standard InChI is InChI=1S/C12H21F3N2O2S/c1-16-11(12(13,14)15)4-6-17(7-5-11)10-2-8-20(18,19)9-3-10/h10,16H,2-9H2,1H3. The number of likely N-dealkylation sites (tertiary alicyclic amines) is 1. The average Bonchev–Trinajstić information content (AvgIpc) is 2.37. The van der Waals surface area contributed by atoms with E-state index in [0.717, 1.165) is 0 Å².